The van der Waals surface area contributed by atoms with E-state index in [0.29, 0.717) is 11.5 Å². The predicted molar refractivity (Wildman–Crippen MR) is 71.3 cm³/mol. The minimum absolute atomic E-state index is 0.138. The van der Waals surface area contributed by atoms with Crippen LogP contribution in [0.3, 0.4) is 0 Å². The molecule has 1 aromatic heterocycles. The number of rotatable bonds is 7. The van der Waals surface area contributed by atoms with E-state index in [1.165, 1.54) is 0 Å². The lowest BCUT2D eigenvalue weighted by Gasteiger charge is -2.12. The first-order chi connectivity index (χ1) is 8.40. The molecule has 104 valence electrons. The number of thiophene rings is 1. The minimum Gasteiger partial charge on any atom is -0.391 e. The van der Waals surface area contributed by atoms with Crippen molar-refractivity contribution >= 4 is 21.4 Å². The maximum absolute atomic E-state index is 12.0. The molecule has 1 heterocycles. The maximum atomic E-state index is 12.0. The van der Waals surface area contributed by atoms with Gasteiger partial charge in [0, 0.05) is 18.0 Å². The van der Waals surface area contributed by atoms with Gasteiger partial charge in [-0.3, -0.25) is 0 Å². The van der Waals surface area contributed by atoms with Crippen LogP contribution in [0.1, 0.15) is 24.3 Å². The van der Waals surface area contributed by atoms with Gasteiger partial charge in [-0.25, -0.2) is 13.1 Å². The van der Waals surface area contributed by atoms with E-state index in [1.54, 1.807) is 13.0 Å². The third-order valence-electron chi connectivity index (χ3n) is 2.42. The quantitative estimate of drug-likeness (QED) is 0.793. The molecular weight excluding hydrogens is 274 g/mol. The van der Waals surface area contributed by atoms with Gasteiger partial charge in [0.25, 0.3) is 0 Å². The zero-order valence-corrected chi connectivity index (χ0v) is 12.4. The van der Waals surface area contributed by atoms with Crippen LogP contribution < -0.4 is 4.72 Å². The third-order valence-corrected chi connectivity index (χ3v) is 5.54. The molecule has 0 amide bonds. The van der Waals surface area contributed by atoms with Gasteiger partial charge in [-0.2, -0.15) is 0 Å². The van der Waals surface area contributed by atoms with E-state index in [2.05, 4.69) is 4.72 Å². The van der Waals surface area contributed by atoms with Crippen molar-refractivity contribution < 1.29 is 18.3 Å². The monoisotopic (exact) mass is 293 g/mol. The average molecular weight is 293 g/mol. The number of nitrogens with one attached hydrogen (secondary N) is 1. The van der Waals surface area contributed by atoms with Crippen molar-refractivity contribution in [3.8, 4) is 0 Å². The third kappa shape index (κ3) is 4.03. The molecule has 0 aliphatic heterocycles. The highest BCUT2D eigenvalue weighted by Gasteiger charge is 2.19. The number of aryl methyl sites for hydroxylation is 1. The Labute approximate surface area is 112 Å². The van der Waals surface area contributed by atoms with Crippen LogP contribution in [0.2, 0.25) is 0 Å². The van der Waals surface area contributed by atoms with E-state index >= 15 is 0 Å². The van der Waals surface area contributed by atoms with Crippen LogP contribution in [0.4, 0.5) is 0 Å². The fraction of sp³-hybridized carbons (Fsp3) is 0.636. The first-order valence-electron chi connectivity index (χ1n) is 5.72. The highest BCUT2D eigenvalue weighted by Crippen LogP contribution is 2.25. The zero-order chi connectivity index (χ0) is 13.8. The molecule has 1 rings (SSSR count). The zero-order valence-electron chi connectivity index (χ0n) is 10.8. The van der Waals surface area contributed by atoms with Gasteiger partial charge in [0.05, 0.1) is 12.7 Å². The number of ether oxygens (including phenoxy) is 1. The smallest absolute Gasteiger partial charge is 0.250 e. The van der Waals surface area contributed by atoms with Crippen molar-refractivity contribution in [2.75, 3.05) is 13.2 Å². The summed E-state index contributed by atoms with van der Waals surface area (Å²) in [7, 11) is -3.51. The van der Waals surface area contributed by atoms with Gasteiger partial charge >= 0.3 is 0 Å². The predicted octanol–water partition coefficient (Wildman–Crippen LogP) is 1.25. The van der Waals surface area contributed by atoms with Crippen molar-refractivity contribution in [1.82, 2.24) is 4.72 Å². The molecule has 0 fully saturated rings. The van der Waals surface area contributed by atoms with Crippen molar-refractivity contribution in [2.24, 2.45) is 0 Å². The van der Waals surface area contributed by atoms with Crippen LogP contribution in [0, 0.1) is 6.92 Å². The molecule has 0 aromatic carbocycles. The summed E-state index contributed by atoms with van der Waals surface area (Å²) in [6, 6.07) is 1.57. The number of aliphatic hydroxyl groups excluding tert-OH is 1. The fourth-order valence-corrected chi connectivity index (χ4v) is 4.03. The van der Waals surface area contributed by atoms with Crippen molar-refractivity contribution in [3.05, 3.63) is 16.5 Å². The van der Waals surface area contributed by atoms with Crippen LogP contribution >= 0.6 is 11.3 Å². The standard InChI is InChI=1S/C11H19NO4S2/c1-4-16-9(3)6-12-18(14,15)11-5-8(2)10(7-13)17-11/h5,9,12-13H,4,6-7H2,1-3H3. The summed E-state index contributed by atoms with van der Waals surface area (Å²) < 4.78 is 32.0. The van der Waals surface area contributed by atoms with Crippen molar-refractivity contribution in [3.63, 3.8) is 0 Å². The van der Waals surface area contributed by atoms with Gasteiger partial charge in [-0.1, -0.05) is 0 Å². The Morgan fingerprint density at radius 3 is 2.72 bits per heavy atom. The Morgan fingerprint density at radius 2 is 2.22 bits per heavy atom. The summed E-state index contributed by atoms with van der Waals surface area (Å²) in [6.45, 7) is 6.11. The molecule has 1 unspecified atom stereocenters. The lowest BCUT2D eigenvalue weighted by atomic mass is 10.3. The second-order valence-corrected chi connectivity index (χ2v) is 7.08. The molecule has 0 saturated carbocycles. The van der Waals surface area contributed by atoms with Crippen molar-refractivity contribution in [2.45, 2.75) is 37.7 Å². The Kier molecular flexibility index (Phi) is 5.74. The molecule has 5 nitrogen and oxygen atoms in total. The molecule has 0 spiro atoms. The van der Waals surface area contributed by atoms with Crippen LogP contribution in [0.25, 0.3) is 0 Å². The second kappa shape index (κ2) is 6.63. The summed E-state index contributed by atoms with van der Waals surface area (Å²) >= 11 is 1.09. The summed E-state index contributed by atoms with van der Waals surface area (Å²) in [4.78, 5) is 0.674. The van der Waals surface area contributed by atoms with E-state index < -0.39 is 10.0 Å². The molecule has 1 atom stereocenters. The molecular formula is C11H19NO4S2. The molecule has 2 N–H and O–H groups in total. The summed E-state index contributed by atoms with van der Waals surface area (Å²) in [5.41, 5.74) is 0.792. The fourth-order valence-electron chi connectivity index (χ4n) is 1.42. The molecule has 18 heavy (non-hydrogen) atoms. The topological polar surface area (TPSA) is 75.6 Å². The van der Waals surface area contributed by atoms with E-state index in [0.717, 1.165) is 16.9 Å². The molecule has 0 saturated heterocycles. The molecule has 0 aliphatic carbocycles. The Morgan fingerprint density at radius 1 is 1.56 bits per heavy atom. The highest BCUT2D eigenvalue weighted by molar-refractivity contribution is 7.91. The number of hydrogen-bond donors (Lipinski definition) is 2. The number of aliphatic hydroxyl groups is 1. The summed E-state index contributed by atoms with van der Waals surface area (Å²) in [5.74, 6) is 0. The molecule has 0 radical (unpaired) electrons. The summed E-state index contributed by atoms with van der Waals surface area (Å²) in [5, 5.41) is 9.06. The Bertz CT molecular complexity index is 481. The van der Waals surface area contributed by atoms with Crippen LogP contribution in [0.15, 0.2) is 10.3 Å². The lowest BCUT2D eigenvalue weighted by Crippen LogP contribution is -2.31. The van der Waals surface area contributed by atoms with Gasteiger partial charge in [-0.15, -0.1) is 11.3 Å². The van der Waals surface area contributed by atoms with Gasteiger partial charge in [0.15, 0.2) is 0 Å². The number of hydrogen-bond acceptors (Lipinski definition) is 5. The SMILES string of the molecule is CCOC(C)CNS(=O)(=O)c1cc(C)c(CO)s1. The molecule has 0 bridgehead atoms. The first kappa shape index (κ1) is 15.6. The van der Waals surface area contributed by atoms with Crippen LogP contribution in [-0.2, 0) is 21.4 Å². The summed E-state index contributed by atoms with van der Waals surface area (Å²) in [6.07, 6.45) is -0.164. The second-order valence-electron chi connectivity index (χ2n) is 3.95. The lowest BCUT2D eigenvalue weighted by molar-refractivity contribution is 0.0800. The average Bonchev–Trinajstić information content (AvgIpc) is 2.69. The molecule has 7 heteroatoms. The van der Waals surface area contributed by atoms with Crippen molar-refractivity contribution in [1.29, 1.82) is 0 Å². The van der Waals surface area contributed by atoms with E-state index in [1.807, 2.05) is 13.8 Å². The largest absolute Gasteiger partial charge is 0.391 e. The van der Waals surface area contributed by atoms with Gasteiger partial charge in [0.1, 0.15) is 4.21 Å². The van der Waals surface area contributed by atoms with Crippen LogP contribution in [-0.4, -0.2) is 32.8 Å². The first-order valence-corrected chi connectivity index (χ1v) is 8.02. The van der Waals surface area contributed by atoms with E-state index in [4.69, 9.17) is 9.84 Å². The normalized spacial score (nSPS) is 13.8. The Hall–Kier alpha value is -0.470. The van der Waals surface area contributed by atoms with Gasteiger partial charge in [0.2, 0.25) is 10.0 Å². The number of sulfonamides is 1. The molecule has 0 aliphatic rings. The van der Waals surface area contributed by atoms with Crippen LogP contribution in [0.5, 0.6) is 0 Å². The minimum atomic E-state index is -3.51. The highest BCUT2D eigenvalue weighted by atomic mass is 32.2. The molecule has 1 aromatic rings. The van der Waals surface area contributed by atoms with E-state index in [9.17, 15) is 8.42 Å². The maximum Gasteiger partial charge on any atom is 0.250 e. The van der Waals surface area contributed by atoms with E-state index in [-0.39, 0.29) is 23.5 Å². The van der Waals surface area contributed by atoms with Gasteiger partial charge < -0.3 is 9.84 Å². The van der Waals surface area contributed by atoms with Gasteiger partial charge in [-0.05, 0) is 32.4 Å². The Balaban J connectivity index is 2.74.